The molecule has 2 N–H and O–H groups in total. The number of hydrogen-bond donors (Lipinski definition) is 2. The topological polar surface area (TPSA) is 103 Å². The second-order valence-electron chi connectivity index (χ2n) is 6.80. The third-order valence-corrected chi connectivity index (χ3v) is 5.15. The van der Waals surface area contributed by atoms with Gasteiger partial charge < -0.3 is 15.3 Å². The van der Waals surface area contributed by atoms with Gasteiger partial charge in [0.25, 0.3) is 0 Å². The van der Waals surface area contributed by atoms with Crippen LogP contribution < -0.4 is 10.2 Å². The molecule has 25 heavy (non-hydrogen) atoms. The van der Waals surface area contributed by atoms with Crippen LogP contribution in [0.5, 0.6) is 0 Å². The summed E-state index contributed by atoms with van der Waals surface area (Å²) in [6, 6.07) is 0.280. The van der Waals surface area contributed by atoms with E-state index in [1.54, 1.807) is 0 Å². The normalized spacial score (nSPS) is 22.0. The van der Waals surface area contributed by atoms with Crippen molar-refractivity contribution in [3.05, 3.63) is 0 Å². The molecule has 136 valence electrons. The molecule has 9 nitrogen and oxygen atoms in total. The van der Waals surface area contributed by atoms with Gasteiger partial charge >= 0.3 is 0 Å². The lowest BCUT2D eigenvalue weighted by atomic mass is 10.0. The molecule has 2 aliphatic heterocycles. The van der Waals surface area contributed by atoms with Gasteiger partial charge in [0.15, 0.2) is 11.6 Å². The van der Waals surface area contributed by atoms with Gasteiger partial charge in [-0.25, -0.2) is 14.6 Å². The maximum atomic E-state index is 9.54. The first kappa shape index (κ1) is 16.5. The molecule has 4 heterocycles. The number of nitrogens with zero attached hydrogens (tertiary/aromatic N) is 6. The Bertz CT molecular complexity index is 701. The van der Waals surface area contributed by atoms with E-state index >= 15 is 0 Å². The van der Waals surface area contributed by atoms with Crippen molar-refractivity contribution in [2.75, 3.05) is 49.5 Å². The van der Waals surface area contributed by atoms with Gasteiger partial charge in [-0.2, -0.15) is 0 Å². The van der Waals surface area contributed by atoms with Gasteiger partial charge in [-0.15, -0.1) is 0 Å². The van der Waals surface area contributed by atoms with E-state index in [9.17, 15) is 5.11 Å². The van der Waals surface area contributed by atoms with Crippen LogP contribution in [0, 0.1) is 0 Å². The average Bonchev–Trinajstić information content (AvgIpc) is 3.32. The fourth-order valence-corrected chi connectivity index (χ4v) is 3.78. The second-order valence-corrected chi connectivity index (χ2v) is 6.80. The van der Waals surface area contributed by atoms with Crippen LogP contribution in [0.15, 0.2) is 4.63 Å². The molecule has 2 aromatic rings. The van der Waals surface area contributed by atoms with Gasteiger partial charge in [0.2, 0.25) is 11.3 Å². The summed E-state index contributed by atoms with van der Waals surface area (Å²) in [5.74, 6) is 1.57. The second kappa shape index (κ2) is 7.49. The Balaban J connectivity index is 1.47. The highest BCUT2D eigenvalue weighted by molar-refractivity contribution is 5.74. The number of anilines is 2. The lowest BCUT2D eigenvalue weighted by Gasteiger charge is -2.34. The Morgan fingerprint density at radius 3 is 2.60 bits per heavy atom. The van der Waals surface area contributed by atoms with E-state index in [1.807, 2.05) is 0 Å². The van der Waals surface area contributed by atoms with Crippen molar-refractivity contribution in [2.45, 2.75) is 38.1 Å². The van der Waals surface area contributed by atoms with Crippen LogP contribution in [0.3, 0.4) is 0 Å². The van der Waals surface area contributed by atoms with E-state index < -0.39 is 0 Å². The number of rotatable bonds is 6. The zero-order valence-corrected chi connectivity index (χ0v) is 14.4. The van der Waals surface area contributed by atoms with Crippen molar-refractivity contribution in [3.8, 4) is 0 Å². The predicted octanol–water partition coefficient (Wildman–Crippen LogP) is 0.872. The highest BCUT2D eigenvalue weighted by Crippen LogP contribution is 2.26. The monoisotopic (exact) mass is 347 g/mol. The molecule has 4 rings (SSSR count). The maximum Gasteiger partial charge on any atom is 0.245 e. The van der Waals surface area contributed by atoms with Crippen LogP contribution in [-0.2, 0) is 0 Å². The Hall–Kier alpha value is -2.00. The molecule has 2 saturated heterocycles. The Kier molecular flexibility index (Phi) is 4.93. The van der Waals surface area contributed by atoms with Crippen molar-refractivity contribution in [2.24, 2.45) is 0 Å². The van der Waals surface area contributed by atoms with Crippen LogP contribution in [0.4, 0.5) is 11.6 Å². The molecule has 0 unspecified atom stereocenters. The number of piperidine rings is 1. The molecule has 2 aromatic heterocycles. The number of nitrogens with one attached hydrogen (secondary N) is 1. The first-order valence-corrected chi connectivity index (χ1v) is 9.19. The van der Waals surface area contributed by atoms with E-state index in [4.69, 9.17) is 4.63 Å². The molecular formula is C16H25N7O2. The number of aromatic nitrogens is 4. The summed E-state index contributed by atoms with van der Waals surface area (Å²) >= 11 is 0. The molecule has 0 radical (unpaired) electrons. The molecule has 0 bridgehead atoms. The summed E-state index contributed by atoms with van der Waals surface area (Å²) in [4.78, 5) is 13.7. The van der Waals surface area contributed by atoms with Crippen LogP contribution in [0.2, 0.25) is 0 Å². The molecule has 2 fully saturated rings. The largest absolute Gasteiger partial charge is 0.395 e. The number of hydrogen-bond acceptors (Lipinski definition) is 9. The highest BCUT2D eigenvalue weighted by Gasteiger charge is 2.23. The van der Waals surface area contributed by atoms with Gasteiger partial charge in [-0.05, 0) is 42.5 Å². The van der Waals surface area contributed by atoms with E-state index in [-0.39, 0.29) is 12.6 Å². The maximum absolute atomic E-state index is 9.54. The lowest BCUT2D eigenvalue weighted by molar-refractivity contribution is 0.0940. The van der Waals surface area contributed by atoms with E-state index in [0.29, 0.717) is 11.3 Å². The standard InChI is InChI=1S/C16H25N7O2/c24-11-12-5-1-2-7-22(12)10-6-17-15-16(23-8-3-4-9-23)19-14-13(18-15)20-25-21-14/h12,24H,1-11H2,(H,17,18,20)/t12-/m0/s1. The van der Waals surface area contributed by atoms with Crippen LogP contribution >= 0.6 is 0 Å². The van der Waals surface area contributed by atoms with Crippen LogP contribution in [0.25, 0.3) is 11.3 Å². The predicted molar refractivity (Wildman–Crippen MR) is 93.6 cm³/mol. The summed E-state index contributed by atoms with van der Waals surface area (Å²) < 4.78 is 4.76. The first-order chi connectivity index (χ1) is 12.3. The summed E-state index contributed by atoms with van der Waals surface area (Å²) in [7, 11) is 0. The van der Waals surface area contributed by atoms with Crippen molar-refractivity contribution < 1.29 is 9.74 Å². The summed E-state index contributed by atoms with van der Waals surface area (Å²) in [5.41, 5.74) is 0.875. The van der Waals surface area contributed by atoms with E-state index in [1.165, 1.54) is 25.7 Å². The Labute approximate surface area is 146 Å². The molecule has 9 heteroatoms. The average molecular weight is 347 g/mol. The number of aliphatic hydroxyl groups excluding tert-OH is 1. The minimum atomic E-state index is 0.232. The summed E-state index contributed by atoms with van der Waals surface area (Å²) in [5, 5.41) is 20.6. The van der Waals surface area contributed by atoms with Gasteiger partial charge in [-0.3, -0.25) is 4.90 Å². The fraction of sp³-hybridized carbons (Fsp3) is 0.750. The molecule has 0 aliphatic carbocycles. The van der Waals surface area contributed by atoms with Crippen LogP contribution in [-0.4, -0.2) is 75.7 Å². The molecule has 0 aromatic carbocycles. The molecule has 0 saturated carbocycles. The Morgan fingerprint density at radius 2 is 1.80 bits per heavy atom. The van der Waals surface area contributed by atoms with Crippen molar-refractivity contribution in [1.82, 2.24) is 25.2 Å². The highest BCUT2D eigenvalue weighted by atomic mass is 16.6. The zero-order chi connectivity index (χ0) is 17.1. The van der Waals surface area contributed by atoms with Gasteiger partial charge in [0, 0.05) is 32.2 Å². The van der Waals surface area contributed by atoms with Gasteiger partial charge in [-0.1, -0.05) is 6.42 Å². The quantitative estimate of drug-likeness (QED) is 0.787. The third kappa shape index (κ3) is 3.52. The van der Waals surface area contributed by atoms with Gasteiger partial charge in [0.05, 0.1) is 6.61 Å². The van der Waals surface area contributed by atoms with Crippen molar-refractivity contribution in [3.63, 3.8) is 0 Å². The Morgan fingerprint density at radius 1 is 1.04 bits per heavy atom. The number of likely N-dealkylation sites (tertiary alicyclic amines) is 1. The number of aliphatic hydroxyl groups is 1. The lowest BCUT2D eigenvalue weighted by Crippen LogP contribution is -2.44. The smallest absolute Gasteiger partial charge is 0.245 e. The van der Waals surface area contributed by atoms with Crippen LogP contribution in [0.1, 0.15) is 32.1 Å². The third-order valence-electron chi connectivity index (χ3n) is 5.15. The van der Waals surface area contributed by atoms with Crippen molar-refractivity contribution >= 4 is 22.9 Å². The summed E-state index contributed by atoms with van der Waals surface area (Å²) in [6.07, 6.45) is 5.82. The van der Waals surface area contributed by atoms with Crippen molar-refractivity contribution in [1.29, 1.82) is 0 Å². The zero-order valence-electron chi connectivity index (χ0n) is 14.4. The molecule has 0 amide bonds. The molecule has 0 spiro atoms. The molecule has 1 atom stereocenters. The summed E-state index contributed by atoms with van der Waals surface area (Å²) in [6.45, 7) is 4.88. The number of fused-ring (bicyclic) bond motifs is 1. The fourth-order valence-electron chi connectivity index (χ4n) is 3.78. The van der Waals surface area contributed by atoms with E-state index in [0.717, 1.165) is 50.8 Å². The molecular weight excluding hydrogens is 322 g/mol. The minimum absolute atomic E-state index is 0.232. The SMILES string of the molecule is OC[C@@H]1CCCCN1CCNc1nc2nonc2nc1N1CCCC1. The first-order valence-electron chi connectivity index (χ1n) is 9.19. The minimum Gasteiger partial charge on any atom is -0.395 e. The molecule has 2 aliphatic rings. The van der Waals surface area contributed by atoms with Gasteiger partial charge in [0.1, 0.15) is 0 Å². The van der Waals surface area contributed by atoms with E-state index in [2.05, 4.69) is 35.4 Å².